The standard InChI is InChI=1S/C10H19NO3S/c1-10(2,3)9(12)8-5-6-11(7-8)15(4,13)14/h8H,5-7H2,1-4H3/t8-/m0/s1. The Balaban J connectivity index is 2.70. The molecule has 0 radical (unpaired) electrons. The highest BCUT2D eigenvalue weighted by atomic mass is 32.2. The summed E-state index contributed by atoms with van der Waals surface area (Å²) in [5.41, 5.74) is -0.377. The monoisotopic (exact) mass is 233 g/mol. The van der Waals surface area contributed by atoms with E-state index in [1.165, 1.54) is 10.6 Å². The quantitative estimate of drug-likeness (QED) is 0.711. The molecule has 0 N–H and O–H groups in total. The number of hydrogen-bond acceptors (Lipinski definition) is 3. The van der Waals surface area contributed by atoms with Crippen LogP contribution in [0.3, 0.4) is 0 Å². The van der Waals surface area contributed by atoms with E-state index in [9.17, 15) is 13.2 Å². The largest absolute Gasteiger partial charge is 0.299 e. The first-order chi connectivity index (χ1) is 6.62. The summed E-state index contributed by atoms with van der Waals surface area (Å²) >= 11 is 0. The Labute approximate surface area is 91.7 Å². The van der Waals surface area contributed by atoms with Gasteiger partial charge in [-0.2, -0.15) is 0 Å². The summed E-state index contributed by atoms with van der Waals surface area (Å²) in [6.07, 6.45) is 1.85. The van der Waals surface area contributed by atoms with Crippen molar-refractivity contribution in [3.63, 3.8) is 0 Å². The lowest BCUT2D eigenvalue weighted by Gasteiger charge is -2.21. The van der Waals surface area contributed by atoms with Gasteiger partial charge in [0, 0.05) is 24.4 Å². The predicted octanol–water partition coefficient (Wildman–Crippen LogP) is 0.883. The van der Waals surface area contributed by atoms with Crippen molar-refractivity contribution in [1.29, 1.82) is 0 Å². The van der Waals surface area contributed by atoms with Crippen LogP contribution < -0.4 is 0 Å². The number of carbonyl (C=O) groups is 1. The van der Waals surface area contributed by atoms with Crippen molar-refractivity contribution in [2.75, 3.05) is 19.3 Å². The first-order valence-electron chi connectivity index (χ1n) is 5.12. The number of rotatable bonds is 2. The Kier molecular flexibility index (Phi) is 3.26. The van der Waals surface area contributed by atoms with Gasteiger partial charge in [-0.1, -0.05) is 20.8 Å². The maximum atomic E-state index is 11.9. The fraction of sp³-hybridized carbons (Fsp3) is 0.900. The van der Waals surface area contributed by atoms with Gasteiger partial charge in [0.2, 0.25) is 10.0 Å². The lowest BCUT2D eigenvalue weighted by molar-refractivity contribution is -0.129. The van der Waals surface area contributed by atoms with Crippen LogP contribution >= 0.6 is 0 Å². The molecule has 0 spiro atoms. The maximum Gasteiger partial charge on any atom is 0.211 e. The van der Waals surface area contributed by atoms with Crippen LogP contribution in [0.25, 0.3) is 0 Å². The summed E-state index contributed by atoms with van der Waals surface area (Å²) in [7, 11) is -3.13. The molecule has 0 aromatic rings. The Hall–Kier alpha value is -0.420. The number of hydrogen-bond donors (Lipinski definition) is 0. The van der Waals surface area contributed by atoms with Crippen LogP contribution in [0, 0.1) is 11.3 Å². The SMILES string of the molecule is CC(C)(C)C(=O)[C@H]1CCN(S(C)(=O)=O)C1. The number of sulfonamides is 1. The van der Waals surface area contributed by atoms with Gasteiger partial charge in [-0.3, -0.25) is 4.79 Å². The molecule has 4 nitrogen and oxygen atoms in total. The van der Waals surface area contributed by atoms with E-state index < -0.39 is 10.0 Å². The minimum Gasteiger partial charge on any atom is -0.299 e. The minimum atomic E-state index is -3.13. The van der Waals surface area contributed by atoms with Gasteiger partial charge < -0.3 is 0 Å². The van der Waals surface area contributed by atoms with Gasteiger partial charge in [-0.05, 0) is 6.42 Å². The van der Waals surface area contributed by atoms with Crippen molar-refractivity contribution >= 4 is 15.8 Å². The summed E-state index contributed by atoms with van der Waals surface area (Å²) < 4.78 is 23.9. The Morgan fingerprint density at radius 2 is 1.87 bits per heavy atom. The van der Waals surface area contributed by atoms with Gasteiger partial charge in [0.1, 0.15) is 5.78 Å². The van der Waals surface area contributed by atoms with Crippen LogP contribution in [0.5, 0.6) is 0 Å². The molecule has 1 rings (SSSR count). The zero-order chi connectivity index (χ0) is 11.9. The number of carbonyl (C=O) groups excluding carboxylic acids is 1. The Morgan fingerprint density at radius 3 is 2.20 bits per heavy atom. The zero-order valence-corrected chi connectivity index (χ0v) is 10.6. The molecule has 0 aromatic carbocycles. The van der Waals surface area contributed by atoms with Gasteiger partial charge in [-0.15, -0.1) is 0 Å². The van der Waals surface area contributed by atoms with E-state index in [2.05, 4.69) is 0 Å². The summed E-state index contributed by atoms with van der Waals surface area (Å²) in [5, 5.41) is 0. The predicted molar refractivity (Wildman–Crippen MR) is 59.0 cm³/mol. The molecular formula is C10H19NO3S. The lowest BCUT2D eigenvalue weighted by atomic mass is 9.83. The fourth-order valence-corrected chi connectivity index (χ4v) is 2.74. The van der Waals surface area contributed by atoms with Crippen molar-refractivity contribution in [1.82, 2.24) is 4.31 Å². The average molecular weight is 233 g/mol. The summed E-state index contributed by atoms with van der Waals surface area (Å²) in [5.74, 6) is 0.0355. The third-order valence-corrected chi connectivity index (χ3v) is 4.00. The number of nitrogens with zero attached hydrogens (tertiary/aromatic N) is 1. The van der Waals surface area contributed by atoms with Crippen molar-refractivity contribution in [2.24, 2.45) is 11.3 Å². The Bertz CT molecular complexity index is 353. The molecule has 0 saturated carbocycles. The molecule has 1 aliphatic rings. The van der Waals surface area contributed by atoms with Crippen LogP contribution in [-0.4, -0.2) is 37.9 Å². The lowest BCUT2D eigenvalue weighted by Crippen LogP contribution is -2.32. The molecule has 0 amide bonds. The molecule has 88 valence electrons. The van der Waals surface area contributed by atoms with E-state index in [-0.39, 0.29) is 17.1 Å². The van der Waals surface area contributed by atoms with Gasteiger partial charge in [0.05, 0.1) is 6.26 Å². The summed E-state index contributed by atoms with van der Waals surface area (Å²) in [6, 6.07) is 0. The van der Waals surface area contributed by atoms with Gasteiger partial charge in [0.15, 0.2) is 0 Å². The van der Waals surface area contributed by atoms with E-state index in [1.807, 2.05) is 20.8 Å². The molecular weight excluding hydrogens is 214 g/mol. The highest BCUT2D eigenvalue weighted by Gasteiger charge is 2.37. The molecule has 0 aliphatic carbocycles. The van der Waals surface area contributed by atoms with Gasteiger partial charge >= 0.3 is 0 Å². The molecule has 15 heavy (non-hydrogen) atoms. The summed E-state index contributed by atoms with van der Waals surface area (Å²) in [6.45, 7) is 6.45. The molecule has 0 aromatic heterocycles. The first kappa shape index (κ1) is 12.6. The van der Waals surface area contributed by atoms with Crippen LogP contribution in [-0.2, 0) is 14.8 Å². The maximum absolute atomic E-state index is 11.9. The molecule has 1 heterocycles. The second-order valence-electron chi connectivity index (χ2n) is 5.22. The summed E-state index contributed by atoms with van der Waals surface area (Å²) in [4.78, 5) is 11.9. The van der Waals surface area contributed by atoms with Crippen LogP contribution in [0.15, 0.2) is 0 Å². The van der Waals surface area contributed by atoms with Crippen molar-refractivity contribution in [3.05, 3.63) is 0 Å². The second-order valence-corrected chi connectivity index (χ2v) is 7.20. The van der Waals surface area contributed by atoms with E-state index in [0.717, 1.165) is 0 Å². The first-order valence-corrected chi connectivity index (χ1v) is 6.96. The van der Waals surface area contributed by atoms with Crippen LogP contribution in [0.4, 0.5) is 0 Å². The molecule has 1 aliphatic heterocycles. The van der Waals surface area contributed by atoms with E-state index in [0.29, 0.717) is 19.5 Å². The number of ketones is 1. The highest BCUT2D eigenvalue weighted by molar-refractivity contribution is 7.88. The van der Waals surface area contributed by atoms with Crippen molar-refractivity contribution in [2.45, 2.75) is 27.2 Å². The smallest absolute Gasteiger partial charge is 0.211 e. The van der Waals surface area contributed by atoms with Crippen molar-refractivity contribution in [3.8, 4) is 0 Å². The molecule has 5 heteroatoms. The zero-order valence-electron chi connectivity index (χ0n) is 9.78. The topological polar surface area (TPSA) is 54.5 Å². The average Bonchev–Trinajstić information content (AvgIpc) is 2.47. The van der Waals surface area contributed by atoms with Gasteiger partial charge in [-0.25, -0.2) is 12.7 Å². The number of Topliss-reactive ketones (excluding diaryl/α,β-unsaturated/α-hetero) is 1. The second kappa shape index (κ2) is 3.87. The van der Waals surface area contributed by atoms with Gasteiger partial charge in [0.25, 0.3) is 0 Å². The van der Waals surface area contributed by atoms with Crippen LogP contribution in [0.1, 0.15) is 27.2 Å². The molecule has 1 fully saturated rings. The van der Waals surface area contributed by atoms with Crippen molar-refractivity contribution < 1.29 is 13.2 Å². The van der Waals surface area contributed by atoms with E-state index in [1.54, 1.807) is 0 Å². The van der Waals surface area contributed by atoms with E-state index in [4.69, 9.17) is 0 Å². The normalized spacial score (nSPS) is 24.4. The Morgan fingerprint density at radius 1 is 1.33 bits per heavy atom. The molecule has 1 saturated heterocycles. The third kappa shape index (κ3) is 3.01. The minimum absolute atomic E-state index is 0.125. The third-order valence-electron chi connectivity index (χ3n) is 2.73. The fourth-order valence-electron chi connectivity index (χ4n) is 1.86. The van der Waals surface area contributed by atoms with E-state index >= 15 is 0 Å². The van der Waals surface area contributed by atoms with Crippen LogP contribution in [0.2, 0.25) is 0 Å². The molecule has 1 atom stereocenters. The molecule has 0 bridgehead atoms. The molecule has 0 unspecified atom stereocenters. The highest BCUT2D eigenvalue weighted by Crippen LogP contribution is 2.27.